The Bertz CT molecular complexity index is 1010. The van der Waals surface area contributed by atoms with Gasteiger partial charge in [0.2, 0.25) is 0 Å². The fourth-order valence-electron chi connectivity index (χ4n) is 4.46. The molecular weight excluding hydrogens is 396 g/mol. The number of ketones is 3. The summed E-state index contributed by atoms with van der Waals surface area (Å²) < 4.78 is 35.1. The van der Waals surface area contributed by atoms with Crippen LogP contribution < -0.4 is 4.74 Å². The molecule has 2 aliphatic rings. The maximum Gasteiger partial charge on any atom is 0.183 e. The van der Waals surface area contributed by atoms with Crippen molar-refractivity contribution in [3.8, 4) is 5.75 Å². The number of sulfone groups is 1. The van der Waals surface area contributed by atoms with Gasteiger partial charge in [0.25, 0.3) is 0 Å². The first kappa shape index (κ1) is 21.6. The van der Waals surface area contributed by atoms with Crippen molar-refractivity contribution in [2.75, 3.05) is 13.4 Å². The predicted octanol–water partition coefficient (Wildman–Crippen LogP) is 2.18. The molecule has 158 valence electrons. The lowest BCUT2D eigenvalue weighted by Gasteiger charge is -2.31. The average Bonchev–Trinajstić information content (AvgIpc) is 3.33. The van der Waals surface area contributed by atoms with Gasteiger partial charge < -0.3 is 9.47 Å². The van der Waals surface area contributed by atoms with E-state index < -0.39 is 44.6 Å². The molecule has 2 aliphatic carbocycles. The number of fused-ring (bicyclic) bond motifs is 1. The highest BCUT2D eigenvalue weighted by molar-refractivity contribution is 7.90. The average molecular weight is 422 g/mol. The summed E-state index contributed by atoms with van der Waals surface area (Å²) in [7, 11) is -2.27. The van der Waals surface area contributed by atoms with Gasteiger partial charge in [-0.2, -0.15) is 0 Å². The third-order valence-electron chi connectivity index (χ3n) is 5.93. The van der Waals surface area contributed by atoms with E-state index in [1.807, 2.05) is 13.8 Å². The lowest BCUT2D eigenvalue weighted by Crippen LogP contribution is -2.50. The summed E-state index contributed by atoms with van der Waals surface area (Å²) in [6, 6.07) is 2.62. The highest BCUT2D eigenvalue weighted by Crippen LogP contribution is 2.58. The monoisotopic (exact) mass is 422 g/mol. The molecule has 3 rings (SSSR count). The number of ether oxygens (including phenoxy) is 2. The fourth-order valence-corrected chi connectivity index (χ4v) is 5.35. The van der Waals surface area contributed by atoms with Gasteiger partial charge in [-0.3, -0.25) is 14.4 Å². The zero-order valence-electron chi connectivity index (χ0n) is 17.4. The van der Waals surface area contributed by atoms with Crippen LogP contribution in [0, 0.1) is 24.7 Å². The van der Waals surface area contributed by atoms with E-state index in [9.17, 15) is 22.8 Å². The Morgan fingerprint density at radius 1 is 1.24 bits per heavy atom. The van der Waals surface area contributed by atoms with E-state index in [2.05, 4.69) is 0 Å². The van der Waals surface area contributed by atoms with E-state index in [4.69, 9.17) is 9.47 Å². The minimum absolute atomic E-state index is 0.0412. The van der Waals surface area contributed by atoms with Crippen molar-refractivity contribution in [2.24, 2.45) is 17.8 Å². The van der Waals surface area contributed by atoms with Crippen molar-refractivity contribution in [3.05, 3.63) is 23.3 Å². The predicted molar refractivity (Wildman–Crippen MR) is 105 cm³/mol. The maximum absolute atomic E-state index is 13.3. The molecule has 7 nitrogen and oxygen atoms in total. The maximum atomic E-state index is 13.3. The van der Waals surface area contributed by atoms with Crippen LogP contribution >= 0.6 is 0 Å². The van der Waals surface area contributed by atoms with Crippen LogP contribution in [-0.2, 0) is 24.2 Å². The first-order chi connectivity index (χ1) is 13.4. The van der Waals surface area contributed by atoms with Crippen LogP contribution in [0.3, 0.4) is 0 Å². The Morgan fingerprint density at radius 2 is 1.86 bits per heavy atom. The minimum atomic E-state index is -3.58. The lowest BCUT2D eigenvalue weighted by molar-refractivity contribution is -0.151. The molecular formula is C21H26O7S. The van der Waals surface area contributed by atoms with Gasteiger partial charge in [0.15, 0.2) is 27.2 Å². The Labute approximate surface area is 170 Å². The van der Waals surface area contributed by atoms with Gasteiger partial charge in [0, 0.05) is 29.2 Å². The lowest BCUT2D eigenvalue weighted by atomic mass is 9.74. The summed E-state index contributed by atoms with van der Waals surface area (Å²) in [5.74, 6) is -3.60. The van der Waals surface area contributed by atoms with E-state index in [0.717, 1.165) is 6.26 Å². The van der Waals surface area contributed by atoms with Crippen LogP contribution in [0.1, 0.15) is 43.1 Å². The molecule has 0 radical (unpaired) electrons. The largest absolute Gasteiger partial charge is 0.495 e. The van der Waals surface area contributed by atoms with Crippen LogP contribution in [0.15, 0.2) is 17.0 Å². The van der Waals surface area contributed by atoms with E-state index in [1.54, 1.807) is 13.8 Å². The molecule has 0 heterocycles. The molecule has 0 bridgehead atoms. The molecule has 4 unspecified atom stereocenters. The normalized spacial score (nSPS) is 29.0. The van der Waals surface area contributed by atoms with Crippen LogP contribution in [-0.4, -0.2) is 50.8 Å². The van der Waals surface area contributed by atoms with Gasteiger partial charge in [-0.05, 0) is 39.3 Å². The Morgan fingerprint density at radius 3 is 2.38 bits per heavy atom. The molecule has 8 heteroatoms. The molecule has 0 aromatic heterocycles. The number of benzene rings is 1. The highest BCUT2D eigenvalue weighted by Gasteiger charge is 2.71. The first-order valence-electron chi connectivity index (χ1n) is 9.54. The zero-order chi connectivity index (χ0) is 21.9. The van der Waals surface area contributed by atoms with Crippen molar-refractivity contribution in [2.45, 2.75) is 50.7 Å². The Kier molecular flexibility index (Phi) is 5.24. The molecule has 4 atom stereocenters. The summed E-state index contributed by atoms with van der Waals surface area (Å²) in [4.78, 5) is 39.3. The van der Waals surface area contributed by atoms with E-state index in [0.29, 0.717) is 6.42 Å². The minimum Gasteiger partial charge on any atom is -0.495 e. The number of rotatable bonds is 6. The van der Waals surface area contributed by atoms with Gasteiger partial charge in [-0.15, -0.1) is 0 Å². The molecule has 0 amide bonds. The second-order valence-electron chi connectivity index (χ2n) is 8.26. The highest BCUT2D eigenvalue weighted by atomic mass is 32.2. The number of hydrogen-bond donors (Lipinski definition) is 0. The van der Waals surface area contributed by atoms with Gasteiger partial charge in [0.1, 0.15) is 22.2 Å². The number of carbonyl (C=O) groups is 3. The van der Waals surface area contributed by atoms with Crippen LogP contribution in [0.5, 0.6) is 5.75 Å². The summed E-state index contributed by atoms with van der Waals surface area (Å²) >= 11 is 0. The number of Topliss-reactive ketones (excluding diaryl/α,β-unsaturated/α-hetero) is 3. The van der Waals surface area contributed by atoms with Crippen molar-refractivity contribution in [1.29, 1.82) is 0 Å². The molecule has 1 aromatic carbocycles. The van der Waals surface area contributed by atoms with Crippen molar-refractivity contribution >= 4 is 27.2 Å². The second kappa shape index (κ2) is 7.02. The SMILES string of the molecule is COc1c(S(C)(=O)=O)ccc(C(=O)C2C(=O)C(C)C3CC3(OC(C)C)C2=O)c1C. The number of methoxy groups -OCH3 is 1. The molecule has 2 fully saturated rings. The summed E-state index contributed by atoms with van der Waals surface area (Å²) in [5.41, 5.74) is -0.690. The Hall–Kier alpha value is -2.06. The molecule has 2 saturated carbocycles. The molecule has 0 spiro atoms. The third kappa shape index (κ3) is 3.32. The molecule has 1 aromatic rings. The van der Waals surface area contributed by atoms with E-state index in [-0.39, 0.29) is 33.8 Å². The van der Waals surface area contributed by atoms with Crippen molar-refractivity contribution < 1.29 is 32.3 Å². The van der Waals surface area contributed by atoms with E-state index >= 15 is 0 Å². The summed E-state index contributed by atoms with van der Waals surface area (Å²) in [5, 5.41) is 0. The van der Waals surface area contributed by atoms with Gasteiger partial charge >= 0.3 is 0 Å². The van der Waals surface area contributed by atoms with E-state index in [1.165, 1.54) is 19.2 Å². The zero-order valence-corrected chi connectivity index (χ0v) is 18.3. The second-order valence-corrected chi connectivity index (χ2v) is 10.2. The topological polar surface area (TPSA) is 104 Å². The number of carbonyl (C=O) groups excluding carboxylic acids is 3. The van der Waals surface area contributed by atoms with Gasteiger partial charge in [-0.1, -0.05) is 6.92 Å². The van der Waals surface area contributed by atoms with Crippen LogP contribution in [0.4, 0.5) is 0 Å². The Balaban J connectivity index is 2.06. The summed E-state index contributed by atoms with van der Waals surface area (Å²) in [6.45, 7) is 6.90. The fraction of sp³-hybridized carbons (Fsp3) is 0.571. The smallest absolute Gasteiger partial charge is 0.183 e. The summed E-state index contributed by atoms with van der Waals surface area (Å²) in [6.07, 6.45) is 1.27. The van der Waals surface area contributed by atoms with Gasteiger partial charge in [-0.25, -0.2) is 8.42 Å². The van der Waals surface area contributed by atoms with Crippen LogP contribution in [0.25, 0.3) is 0 Å². The van der Waals surface area contributed by atoms with Crippen molar-refractivity contribution in [3.63, 3.8) is 0 Å². The quantitative estimate of drug-likeness (QED) is 0.511. The molecule has 29 heavy (non-hydrogen) atoms. The molecule has 0 saturated heterocycles. The first-order valence-corrected chi connectivity index (χ1v) is 11.4. The number of hydrogen-bond acceptors (Lipinski definition) is 7. The van der Waals surface area contributed by atoms with Gasteiger partial charge in [0.05, 0.1) is 13.2 Å². The van der Waals surface area contributed by atoms with Crippen LogP contribution in [0.2, 0.25) is 0 Å². The standard InChI is InChI=1S/C21H26O7S/c1-10(2)28-21-9-14(21)12(4)17(22)16(20(21)24)18(23)13-7-8-15(29(6,25)26)19(27-5)11(13)3/h7-8,10,12,14,16H,9H2,1-6H3. The molecule has 0 N–H and O–H groups in total. The van der Waals surface area contributed by atoms with Crippen molar-refractivity contribution in [1.82, 2.24) is 0 Å². The molecule has 0 aliphatic heterocycles. The third-order valence-corrected chi connectivity index (χ3v) is 7.05.